The zero-order valence-corrected chi connectivity index (χ0v) is 34.2. The highest BCUT2D eigenvalue weighted by Crippen LogP contribution is 2.38. The summed E-state index contributed by atoms with van der Waals surface area (Å²) < 4.78 is 31.7. The molecule has 3 fully saturated rings. The summed E-state index contributed by atoms with van der Waals surface area (Å²) >= 11 is 0. The van der Waals surface area contributed by atoms with Gasteiger partial charge in [-0.25, -0.2) is 4.79 Å². The molecule has 0 aromatic heterocycles. The summed E-state index contributed by atoms with van der Waals surface area (Å²) in [5, 5.41) is 30.7. The highest BCUT2D eigenvalue weighted by molar-refractivity contribution is 5.82. The van der Waals surface area contributed by atoms with Crippen LogP contribution in [0.25, 0.3) is 0 Å². The van der Waals surface area contributed by atoms with E-state index in [9.17, 15) is 19.8 Å². The van der Waals surface area contributed by atoms with Gasteiger partial charge in [-0.3, -0.25) is 4.79 Å². The van der Waals surface area contributed by atoms with Crippen molar-refractivity contribution >= 4 is 11.9 Å². The van der Waals surface area contributed by atoms with Gasteiger partial charge in [-0.05, 0) is 69.4 Å². The number of allylic oxidation sites excluding steroid dienone is 7. The number of unbranched alkanes of at least 4 members (excludes halogenated alkanes) is 1. The second-order valence-corrected chi connectivity index (χ2v) is 16.5. The van der Waals surface area contributed by atoms with E-state index in [2.05, 4.69) is 44.2 Å². The molecule has 0 aromatic rings. The van der Waals surface area contributed by atoms with Crippen molar-refractivity contribution in [3.8, 4) is 0 Å². The molecule has 0 radical (unpaired) electrons. The van der Waals surface area contributed by atoms with E-state index >= 15 is 0 Å². The highest BCUT2D eigenvalue weighted by Gasteiger charge is 2.45. The van der Waals surface area contributed by atoms with Crippen molar-refractivity contribution in [3.63, 3.8) is 0 Å². The van der Waals surface area contributed by atoms with Gasteiger partial charge in [-0.15, -0.1) is 0 Å². The van der Waals surface area contributed by atoms with Gasteiger partial charge in [-0.2, -0.15) is 0 Å². The summed E-state index contributed by atoms with van der Waals surface area (Å²) in [5.41, 5.74) is 0.966. The predicted octanol–water partition coefficient (Wildman–Crippen LogP) is 7.83. The number of carboxylic acid groups (broad SMARTS) is 1. The van der Waals surface area contributed by atoms with Crippen molar-refractivity contribution in [3.05, 3.63) is 96.7 Å². The monoisotopic (exact) mass is 790 g/mol. The minimum atomic E-state index is -0.777. The largest absolute Gasteiger partial charge is 0.481 e. The maximum atomic E-state index is 13.0. The molecule has 14 atom stereocenters. The van der Waals surface area contributed by atoms with Crippen molar-refractivity contribution in [1.29, 1.82) is 0 Å². The summed E-state index contributed by atoms with van der Waals surface area (Å²) in [6.45, 7) is 8.29. The number of aliphatic carboxylic acids is 1. The number of hydrogen-bond donors (Lipinski definition) is 3. The Hall–Kier alpha value is -3.38. The van der Waals surface area contributed by atoms with Crippen LogP contribution in [-0.4, -0.2) is 94.4 Å². The summed E-state index contributed by atoms with van der Waals surface area (Å²) in [7, 11) is 0. The molecule has 6 heterocycles. The number of carboxylic acids is 1. The molecule has 3 saturated heterocycles. The first kappa shape index (κ1) is 44.7. The average molecular weight is 791 g/mol. The number of fused-ring (bicyclic) bond motifs is 13. The minimum Gasteiger partial charge on any atom is -0.481 e. The van der Waals surface area contributed by atoms with Gasteiger partial charge >= 0.3 is 11.9 Å². The van der Waals surface area contributed by atoms with Crippen LogP contribution < -0.4 is 0 Å². The van der Waals surface area contributed by atoms with Crippen molar-refractivity contribution in [1.82, 2.24) is 0 Å². The number of aliphatic hydroxyl groups excluding tert-OH is 2. The van der Waals surface area contributed by atoms with E-state index < -0.39 is 36.4 Å². The highest BCUT2D eigenvalue weighted by atomic mass is 16.6. The van der Waals surface area contributed by atoms with Crippen molar-refractivity contribution in [2.24, 2.45) is 17.8 Å². The molecule has 0 aromatic carbocycles. The van der Waals surface area contributed by atoms with Gasteiger partial charge in [0.15, 0.2) is 6.10 Å². The lowest BCUT2D eigenvalue weighted by molar-refractivity contribution is -0.148. The second-order valence-electron chi connectivity index (χ2n) is 16.5. The van der Waals surface area contributed by atoms with Crippen LogP contribution in [0.4, 0.5) is 0 Å². The maximum Gasteiger partial charge on any atom is 0.331 e. The Bertz CT molecular complexity index is 1540. The van der Waals surface area contributed by atoms with E-state index in [0.29, 0.717) is 32.1 Å². The molecule has 6 aliphatic rings. The lowest BCUT2D eigenvalue weighted by atomic mass is 9.86. The summed E-state index contributed by atoms with van der Waals surface area (Å²) in [6, 6.07) is 0. The van der Waals surface area contributed by atoms with Crippen LogP contribution in [0.1, 0.15) is 98.3 Å². The molecule has 0 spiro atoms. The van der Waals surface area contributed by atoms with Crippen LogP contribution in [0.2, 0.25) is 0 Å². The Morgan fingerprint density at radius 1 is 0.772 bits per heavy atom. The third-order valence-corrected chi connectivity index (χ3v) is 11.8. The summed E-state index contributed by atoms with van der Waals surface area (Å²) in [6.07, 6.45) is 33.0. The first-order chi connectivity index (χ1) is 27.5. The number of ether oxygens (including phenoxy) is 5. The number of carbonyl (C=O) groups excluding carboxylic acids is 1. The van der Waals surface area contributed by atoms with Crippen molar-refractivity contribution in [2.75, 3.05) is 0 Å². The summed E-state index contributed by atoms with van der Waals surface area (Å²) in [4.78, 5) is 23.9. The van der Waals surface area contributed by atoms with Gasteiger partial charge < -0.3 is 39.0 Å². The fraction of sp³-hybridized carbons (Fsp3) is 0.617. The van der Waals surface area contributed by atoms with Gasteiger partial charge in [0.25, 0.3) is 0 Å². The van der Waals surface area contributed by atoms with Crippen LogP contribution >= 0.6 is 0 Å². The fourth-order valence-corrected chi connectivity index (χ4v) is 8.40. The van der Waals surface area contributed by atoms with Gasteiger partial charge in [-0.1, -0.05) is 106 Å². The third-order valence-electron chi connectivity index (χ3n) is 11.8. The normalized spacial score (nSPS) is 38.7. The third kappa shape index (κ3) is 14.1. The Morgan fingerprint density at radius 3 is 2.39 bits per heavy atom. The predicted molar refractivity (Wildman–Crippen MR) is 220 cm³/mol. The van der Waals surface area contributed by atoms with E-state index in [1.54, 1.807) is 12.2 Å². The molecule has 0 saturated carbocycles. The van der Waals surface area contributed by atoms with Crippen molar-refractivity contribution < 1.29 is 48.6 Å². The quantitative estimate of drug-likeness (QED) is 0.133. The molecular formula is C47H66O10. The van der Waals surface area contributed by atoms with E-state index in [4.69, 9.17) is 28.8 Å². The lowest BCUT2D eigenvalue weighted by Crippen LogP contribution is -2.43. The fourth-order valence-electron chi connectivity index (χ4n) is 8.40. The van der Waals surface area contributed by atoms with Gasteiger partial charge in [0, 0.05) is 37.2 Å². The summed E-state index contributed by atoms with van der Waals surface area (Å²) in [5.74, 6) is -0.875. The van der Waals surface area contributed by atoms with Gasteiger partial charge in [0.2, 0.25) is 0 Å². The number of carbonyl (C=O) groups is 2. The Kier molecular flexibility index (Phi) is 17.8. The zero-order valence-electron chi connectivity index (χ0n) is 34.2. The Morgan fingerprint density at radius 2 is 1.56 bits per heavy atom. The first-order valence-corrected chi connectivity index (χ1v) is 21.2. The van der Waals surface area contributed by atoms with Crippen LogP contribution in [-0.2, 0) is 33.3 Å². The second kappa shape index (κ2) is 22.7. The van der Waals surface area contributed by atoms with E-state index in [1.165, 1.54) is 6.08 Å². The topological polar surface area (TPSA) is 141 Å². The molecule has 3 N–H and O–H groups in total. The zero-order chi connectivity index (χ0) is 40.7. The molecular weight excluding hydrogens is 725 g/mol. The number of esters is 1. The van der Waals surface area contributed by atoms with Gasteiger partial charge in [0.05, 0.1) is 48.8 Å². The SMILES string of the molecule is C/C(=C\[C@H](C)CCCCC(=O)O)[C@@H]1O[C@@H]2C=C[C@@H]1OC(=O)/C=C\C=CC=C[C@H]1O[C@@H]3C[C@H]1O[C@@H](C=CC[C@H]1O[C@@H](C[C@@H](O)/C=C\CCC=CC2)C[C@H](O)[C@H]1C)[C@@H]3C. The smallest absolute Gasteiger partial charge is 0.331 e. The maximum absolute atomic E-state index is 13.0. The molecule has 10 heteroatoms. The Balaban J connectivity index is 1.27. The molecule has 6 rings (SSSR count). The molecule has 0 amide bonds. The molecule has 7 bridgehead atoms. The van der Waals surface area contributed by atoms with Crippen LogP contribution in [0, 0.1) is 17.8 Å². The molecule has 314 valence electrons. The van der Waals surface area contributed by atoms with Crippen molar-refractivity contribution in [2.45, 2.75) is 165 Å². The minimum absolute atomic E-state index is 0.0184. The standard InChI is InChI=1S/C47H66O10/c1-31(17-14-15-23-45(50)51)27-32(2)47-42-26-25-36(54-47)19-11-7-5-6-10-18-35(48)28-37-29-38(49)33(3)39(53-37)21-16-22-40-34(4)43-30-44(55-40)41(56-43)20-12-8-9-13-24-46(52)57-42/h7-13,16,18,20,22,24-27,31,33-44,47-49H,5-6,14-15,17,19,21,23,28-30H2,1-4H3,(H,50,51)/b9-8?,11-7?,18-10-,20-12?,22-16?,24-13-,32-27+/t31-,33-,34+,35+,36+,37+,38+,39-,40+,41-,42+,43-,44-,47+/m1/s1. The molecule has 0 aliphatic carbocycles. The van der Waals surface area contributed by atoms with E-state index in [0.717, 1.165) is 37.7 Å². The lowest BCUT2D eigenvalue weighted by Gasteiger charge is -2.38. The van der Waals surface area contributed by atoms with E-state index in [1.807, 2.05) is 56.4 Å². The Labute approximate surface area is 339 Å². The number of hydrogen-bond acceptors (Lipinski definition) is 9. The number of aliphatic hydroxyl groups is 2. The first-order valence-electron chi connectivity index (χ1n) is 21.2. The molecule has 6 aliphatic heterocycles. The number of rotatable bonds is 7. The van der Waals surface area contributed by atoms with Crippen LogP contribution in [0.3, 0.4) is 0 Å². The van der Waals surface area contributed by atoms with Gasteiger partial charge in [0.1, 0.15) is 12.2 Å². The molecule has 0 unspecified atom stereocenters. The molecule has 57 heavy (non-hydrogen) atoms. The van der Waals surface area contributed by atoms with E-state index in [-0.39, 0.29) is 66.9 Å². The van der Waals surface area contributed by atoms with Crippen LogP contribution in [0.5, 0.6) is 0 Å². The van der Waals surface area contributed by atoms with Crippen LogP contribution in [0.15, 0.2) is 96.7 Å². The molecule has 10 nitrogen and oxygen atoms in total. The average Bonchev–Trinajstić information content (AvgIpc) is 3.52.